The molecule has 44 heavy (non-hydrogen) atoms. The fourth-order valence-electron chi connectivity index (χ4n) is 6.26. The van der Waals surface area contributed by atoms with Crippen LogP contribution in [0, 0.1) is 5.82 Å². The molecule has 2 aromatic heterocycles. The van der Waals surface area contributed by atoms with Gasteiger partial charge in [-0.25, -0.2) is 9.07 Å². The number of halogens is 1. The third-order valence-corrected chi connectivity index (χ3v) is 7.96. The first-order valence-electron chi connectivity index (χ1n) is 15.4. The van der Waals surface area contributed by atoms with E-state index in [0.717, 1.165) is 39.5 Å². The average Bonchev–Trinajstić information content (AvgIpc) is 3.34. The van der Waals surface area contributed by atoms with E-state index in [1.165, 1.54) is 12.1 Å². The summed E-state index contributed by atoms with van der Waals surface area (Å²) in [5, 5.41) is 12.6. The van der Waals surface area contributed by atoms with E-state index in [-0.39, 0.29) is 36.3 Å². The molecule has 2 atom stereocenters. The van der Waals surface area contributed by atoms with Crippen LogP contribution in [0.3, 0.4) is 0 Å². The van der Waals surface area contributed by atoms with Crippen LogP contribution >= 0.6 is 0 Å². The van der Waals surface area contributed by atoms with Crippen LogP contribution in [0.1, 0.15) is 109 Å². The van der Waals surface area contributed by atoms with Gasteiger partial charge in [-0.05, 0) is 100 Å². The molecule has 0 amide bonds. The molecule has 3 aromatic rings. The van der Waals surface area contributed by atoms with E-state index in [4.69, 9.17) is 19.2 Å². The van der Waals surface area contributed by atoms with Gasteiger partial charge < -0.3 is 14.2 Å². The van der Waals surface area contributed by atoms with E-state index in [1.54, 1.807) is 0 Å². The molecule has 0 unspecified atom stereocenters. The number of fused-ring (bicyclic) bond motifs is 2. The number of tetrazole rings is 1. The molecule has 0 radical (unpaired) electrons. The van der Waals surface area contributed by atoms with E-state index in [0.29, 0.717) is 19.3 Å². The number of aryl methyl sites for hydroxylation is 1. The lowest BCUT2D eigenvalue weighted by Gasteiger charge is -2.40. The Morgan fingerprint density at radius 1 is 1.14 bits per heavy atom. The topological polar surface area (TPSA) is 101 Å². The summed E-state index contributed by atoms with van der Waals surface area (Å²) in [5.74, 6) is -0.600. The third-order valence-electron chi connectivity index (χ3n) is 7.96. The van der Waals surface area contributed by atoms with Gasteiger partial charge in [-0.3, -0.25) is 9.78 Å². The van der Waals surface area contributed by atoms with Gasteiger partial charge in [0.15, 0.2) is 11.6 Å². The number of carbonyl (C=O) groups excluding carboxylic acids is 1. The zero-order valence-corrected chi connectivity index (χ0v) is 27.3. The van der Waals surface area contributed by atoms with Gasteiger partial charge in [-0.2, -0.15) is 0 Å². The SMILES string of the molecule is CC(C)c1nc2c(c(-c3ccc(F)cc3)c1C=C[C@@H]1C[C@H](CC(=O)OC(C)(C)C)OC(C)(C)O1)CCc1nnnn1C2(C)C. The first kappa shape index (κ1) is 31.9. The van der Waals surface area contributed by atoms with E-state index >= 15 is 0 Å². The fraction of sp³-hybridized carbons (Fsp3) is 0.559. The molecule has 9 nitrogen and oxygen atoms in total. The van der Waals surface area contributed by atoms with Crippen molar-refractivity contribution in [1.82, 2.24) is 25.2 Å². The standard InChI is InChI=1S/C34H44FN5O4/c1-20(2)30-25(15-14-23-18-24(43-34(8,9)42-23)19-28(41)44-32(3,4)5)29(21-10-12-22(35)13-11-21)26-16-17-27-37-38-39-40(27)33(6,7)31(26)36-30/h10-15,20,23-24H,16-19H2,1-9H3/t23-,24-/m1/s1. The maximum Gasteiger partial charge on any atom is 0.308 e. The van der Waals surface area contributed by atoms with Crippen LogP contribution < -0.4 is 0 Å². The molecule has 1 fully saturated rings. The predicted molar refractivity (Wildman–Crippen MR) is 165 cm³/mol. The largest absolute Gasteiger partial charge is 0.460 e. The summed E-state index contributed by atoms with van der Waals surface area (Å²) >= 11 is 0. The lowest BCUT2D eigenvalue weighted by atomic mass is 9.84. The Balaban J connectivity index is 1.60. The molecule has 1 aromatic carbocycles. The van der Waals surface area contributed by atoms with Crippen LogP contribution in [0.4, 0.5) is 4.39 Å². The number of ether oxygens (including phenoxy) is 3. The number of carbonyl (C=O) groups is 1. The van der Waals surface area contributed by atoms with Crippen LogP contribution in [-0.4, -0.2) is 54.8 Å². The molecule has 236 valence electrons. The van der Waals surface area contributed by atoms with Crippen LogP contribution in [0.5, 0.6) is 0 Å². The Kier molecular flexibility index (Phi) is 8.54. The number of esters is 1. The molecule has 5 rings (SSSR count). The maximum atomic E-state index is 14.1. The fourth-order valence-corrected chi connectivity index (χ4v) is 6.26. The van der Waals surface area contributed by atoms with E-state index in [1.807, 2.05) is 57.5 Å². The highest BCUT2D eigenvalue weighted by molar-refractivity contribution is 5.81. The van der Waals surface area contributed by atoms with Gasteiger partial charge in [0.25, 0.3) is 0 Å². The molecule has 0 spiro atoms. The van der Waals surface area contributed by atoms with Gasteiger partial charge in [0.05, 0.1) is 30.0 Å². The number of hydrogen-bond acceptors (Lipinski definition) is 8. The van der Waals surface area contributed by atoms with Crippen molar-refractivity contribution in [3.8, 4) is 11.1 Å². The van der Waals surface area contributed by atoms with Crippen molar-refractivity contribution in [2.24, 2.45) is 0 Å². The van der Waals surface area contributed by atoms with Crippen molar-refractivity contribution in [1.29, 1.82) is 0 Å². The predicted octanol–water partition coefficient (Wildman–Crippen LogP) is 6.53. The monoisotopic (exact) mass is 605 g/mol. The molecule has 2 aliphatic rings. The Morgan fingerprint density at radius 3 is 2.50 bits per heavy atom. The van der Waals surface area contributed by atoms with Crippen LogP contribution in [0.15, 0.2) is 30.3 Å². The summed E-state index contributed by atoms with van der Waals surface area (Å²) < 4.78 is 34.0. The lowest BCUT2D eigenvalue weighted by Crippen LogP contribution is -2.45. The quantitative estimate of drug-likeness (QED) is 0.292. The second kappa shape index (κ2) is 11.8. The summed E-state index contributed by atoms with van der Waals surface area (Å²) in [7, 11) is 0. The van der Waals surface area contributed by atoms with Crippen molar-refractivity contribution in [3.05, 3.63) is 64.5 Å². The number of hydrogen-bond donors (Lipinski definition) is 0. The van der Waals surface area contributed by atoms with E-state index < -0.39 is 16.9 Å². The minimum absolute atomic E-state index is 0.0820. The molecule has 0 N–H and O–H groups in total. The van der Waals surface area contributed by atoms with Gasteiger partial charge in [0, 0.05) is 18.4 Å². The summed E-state index contributed by atoms with van der Waals surface area (Å²) in [6, 6.07) is 6.64. The molecule has 0 aliphatic carbocycles. The Labute approximate surface area is 259 Å². The van der Waals surface area contributed by atoms with Crippen LogP contribution in [-0.2, 0) is 37.4 Å². The van der Waals surface area contributed by atoms with Gasteiger partial charge in [-0.15, -0.1) is 5.10 Å². The molecule has 2 aliphatic heterocycles. The number of benzene rings is 1. The second-order valence-electron chi connectivity index (χ2n) is 14.0. The minimum atomic E-state index is -0.891. The summed E-state index contributed by atoms with van der Waals surface area (Å²) in [6.07, 6.45) is 5.39. The van der Waals surface area contributed by atoms with Crippen molar-refractivity contribution < 1.29 is 23.4 Å². The van der Waals surface area contributed by atoms with Crippen molar-refractivity contribution >= 4 is 12.0 Å². The summed E-state index contributed by atoms with van der Waals surface area (Å²) in [4.78, 5) is 18.0. The highest BCUT2D eigenvalue weighted by Gasteiger charge is 2.38. The lowest BCUT2D eigenvalue weighted by molar-refractivity contribution is -0.290. The molecule has 1 saturated heterocycles. The molecule has 4 heterocycles. The van der Waals surface area contributed by atoms with Crippen LogP contribution in [0.25, 0.3) is 17.2 Å². The summed E-state index contributed by atoms with van der Waals surface area (Å²) in [6.45, 7) is 17.7. The van der Waals surface area contributed by atoms with E-state index in [2.05, 4.69) is 49.3 Å². The van der Waals surface area contributed by atoms with Gasteiger partial charge >= 0.3 is 5.97 Å². The molecule has 0 bridgehead atoms. The maximum absolute atomic E-state index is 14.1. The first-order valence-corrected chi connectivity index (χ1v) is 15.4. The smallest absolute Gasteiger partial charge is 0.308 e. The minimum Gasteiger partial charge on any atom is -0.460 e. The molecule has 0 saturated carbocycles. The van der Waals surface area contributed by atoms with Gasteiger partial charge in [-0.1, -0.05) is 38.1 Å². The van der Waals surface area contributed by atoms with Crippen molar-refractivity contribution in [2.75, 3.05) is 0 Å². The van der Waals surface area contributed by atoms with Crippen LogP contribution in [0.2, 0.25) is 0 Å². The molecular formula is C34H44FN5O4. The molecule has 10 heteroatoms. The normalized spacial score (nSPS) is 21.2. The Bertz CT molecular complexity index is 1550. The zero-order chi connectivity index (χ0) is 32.0. The van der Waals surface area contributed by atoms with Gasteiger partial charge in [0.2, 0.25) is 0 Å². The number of nitrogens with zero attached hydrogens (tertiary/aromatic N) is 5. The first-order chi connectivity index (χ1) is 20.5. The van der Waals surface area contributed by atoms with Gasteiger partial charge in [0.1, 0.15) is 17.0 Å². The van der Waals surface area contributed by atoms with E-state index in [9.17, 15) is 9.18 Å². The number of rotatable bonds is 6. The number of pyridine rings is 1. The zero-order valence-electron chi connectivity index (χ0n) is 27.3. The third kappa shape index (κ3) is 6.76. The Morgan fingerprint density at radius 2 is 1.84 bits per heavy atom. The van der Waals surface area contributed by atoms with Crippen molar-refractivity contribution in [2.45, 2.75) is 123 Å². The number of aromatic nitrogens is 5. The second-order valence-corrected chi connectivity index (χ2v) is 14.0. The molecular weight excluding hydrogens is 561 g/mol. The average molecular weight is 606 g/mol. The highest BCUT2D eigenvalue weighted by Crippen LogP contribution is 2.42. The Hall–Kier alpha value is -3.50. The highest BCUT2D eigenvalue weighted by atomic mass is 19.1. The van der Waals surface area contributed by atoms with Crippen molar-refractivity contribution in [3.63, 3.8) is 0 Å². The summed E-state index contributed by atoms with van der Waals surface area (Å²) in [5.41, 5.74) is 4.61.